The van der Waals surface area contributed by atoms with Gasteiger partial charge in [-0.25, -0.2) is 4.98 Å². The van der Waals surface area contributed by atoms with Gasteiger partial charge in [0.05, 0.1) is 18.8 Å². The fourth-order valence-corrected chi connectivity index (χ4v) is 2.24. The molecule has 2 rings (SSSR count). The van der Waals surface area contributed by atoms with E-state index in [1.807, 2.05) is 6.92 Å². The van der Waals surface area contributed by atoms with E-state index in [-0.39, 0.29) is 11.5 Å². The van der Waals surface area contributed by atoms with Gasteiger partial charge < -0.3 is 14.8 Å². The fourth-order valence-electron chi connectivity index (χ4n) is 2.24. The van der Waals surface area contributed by atoms with Crippen molar-refractivity contribution in [3.63, 3.8) is 0 Å². The Morgan fingerprint density at radius 1 is 1.24 bits per heavy atom. The monoisotopic (exact) mass is 293 g/mol. The summed E-state index contributed by atoms with van der Waals surface area (Å²) in [6.45, 7) is 12.8. The van der Waals surface area contributed by atoms with Crippen molar-refractivity contribution in [1.29, 1.82) is 0 Å². The Morgan fingerprint density at radius 3 is 2.48 bits per heavy atom. The summed E-state index contributed by atoms with van der Waals surface area (Å²) < 4.78 is 11.5. The van der Waals surface area contributed by atoms with Gasteiger partial charge in [0, 0.05) is 24.8 Å². The Hall–Kier alpha value is -1.36. The first kappa shape index (κ1) is 16.0. The lowest BCUT2D eigenvalue weighted by atomic mass is 9.95. The molecule has 1 fully saturated rings. The highest BCUT2D eigenvalue weighted by Crippen LogP contribution is 2.29. The minimum atomic E-state index is -0.105. The normalized spacial score (nSPS) is 16.8. The van der Waals surface area contributed by atoms with Crippen LogP contribution in [0, 0.1) is 6.92 Å². The summed E-state index contributed by atoms with van der Waals surface area (Å²) in [5, 5.41) is 3.31. The number of ether oxygens (including phenoxy) is 2. The minimum absolute atomic E-state index is 0.105. The van der Waals surface area contributed by atoms with Crippen LogP contribution in [0.3, 0.4) is 0 Å². The number of aromatic nitrogens is 2. The average molecular weight is 293 g/mol. The van der Waals surface area contributed by atoms with E-state index in [0.717, 1.165) is 49.8 Å². The van der Waals surface area contributed by atoms with Gasteiger partial charge in [0.1, 0.15) is 17.7 Å². The number of hydrogen-bond donors (Lipinski definition) is 1. The first-order valence-electron chi connectivity index (χ1n) is 7.79. The molecule has 1 aliphatic heterocycles. The van der Waals surface area contributed by atoms with E-state index in [2.05, 4.69) is 43.0 Å². The molecule has 1 N–H and O–H groups in total. The van der Waals surface area contributed by atoms with Crippen LogP contribution >= 0.6 is 0 Å². The second-order valence-electron chi connectivity index (χ2n) is 6.54. The van der Waals surface area contributed by atoms with Crippen LogP contribution in [-0.4, -0.2) is 35.8 Å². The summed E-state index contributed by atoms with van der Waals surface area (Å²) in [5.74, 6) is 2.39. The lowest BCUT2D eigenvalue weighted by molar-refractivity contribution is 0.0232. The highest BCUT2D eigenvalue weighted by molar-refractivity contribution is 5.49. The first-order valence-corrected chi connectivity index (χ1v) is 7.79. The quantitative estimate of drug-likeness (QED) is 0.924. The third kappa shape index (κ3) is 4.06. The van der Waals surface area contributed by atoms with Gasteiger partial charge in [-0.15, -0.1) is 0 Å². The van der Waals surface area contributed by atoms with Gasteiger partial charge in [0.25, 0.3) is 0 Å². The van der Waals surface area contributed by atoms with Crippen molar-refractivity contribution in [2.45, 2.75) is 59.0 Å². The van der Waals surface area contributed by atoms with E-state index < -0.39 is 0 Å². The zero-order valence-corrected chi connectivity index (χ0v) is 13.8. The molecule has 5 heteroatoms. The van der Waals surface area contributed by atoms with Crippen LogP contribution in [0.2, 0.25) is 0 Å². The van der Waals surface area contributed by atoms with E-state index in [1.165, 1.54) is 0 Å². The summed E-state index contributed by atoms with van der Waals surface area (Å²) in [5.41, 5.74) is 0.877. The molecule has 1 aliphatic rings. The lowest BCUT2D eigenvalue weighted by Crippen LogP contribution is -2.27. The van der Waals surface area contributed by atoms with E-state index in [1.54, 1.807) is 0 Å². The van der Waals surface area contributed by atoms with E-state index >= 15 is 0 Å². The number of rotatable bonds is 4. The van der Waals surface area contributed by atoms with Gasteiger partial charge in [-0.3, -0.25) is 0 Å². The maximum atomic E-state index is 6.14. The standard InChI is InChI=1S/C16H27N3O2/c1-6-17-13-11(2)14(19-15(18-13)16(3,4)5)21-12-7-9-20-10-8-12/h12H,6-10H2,1-5H3,(H,17,18,19). The van der Waals surface area contributed by atoms with Crippen molar-refractivity contribution in [2.75, 3.05) is 25.1 Å². The van der Waals surface area contributed by atoms with E-state index in [0.29, 0.717) is 5.88 Å². The molecule has 0 bridgehead atoms. The fraction of sp³-hybridized carbons (Fsp3) is 0.750. The van der Waals surface area contributed by atoms with Crippen LogP contribution in [0.4, 0.5) is 5.82 Å². The summed E-state index contributed by atoms with van der Waals surface area (Å²) >= 11 is 0. The van der Waals surface area contributed by atoms with Crippen LogP contribution in [-0.2, 0) is 10.2 Å². The zero-order valence-electron chi connectivity index (χ0n) is 13.8. The number of nitrogens with zero attached hydrogens (tertiary/aromatic N) is 2. The summed E-state index contributed by atoms with van der Waals surface area (Å²) in [7, 11) is 0. The Balaban J connectivity index is 2.30. The van der Waals surface area contributed by atoms with Crippen molar-refractivity contribution < 1.29 is 9.47 Å². The van der Waals surface area contributed by atoms with Crippen molar-refractivity contribution >= 4 is 5.82 Å². The second-order valence-corrected chi connectivity index (χ2v) is 6.54. The average Bonchev–Trinajstić information content (AvgIpc) is 2.43. The Morgan fingerprint density at radius 2 is 1.90 bits per heavy atom. The molecule has 118 valence electrons. The van der Waals surface area contributed by atoms with Crippen LogP contribution in [0.25, 0.3) is 0 Å². The van der Waals surface area contributed by atoms with Crippen LogP contribution < -0.4 is 10.1 Å². The molecule has 0 atom stereocenters. The summed E-state index contributed by atoms with van der Waals surface area (Å²) in [6.07, 6.45) is 2.03. The van der Waals surface area contributed by atoms with E-state index in [9.17, 15) is 0 Å². The third-order valence-electron chi connectivity index (χ3n) is 3.56. The molecule has 0 radical (unpaired) electrons. The lowest BCUT2D eigenvalue weighted by Gasteiger charge is -2.26. The highest BCUT2D eigenvalue weighted by Gasteiger charge is 2.24. The Labute approximate surface area is 127 Å². The van der Waals surface area contributed by atoms with Crippen molar-refractivity contribution in [3.8, 4) is 5.88 Å². The maximum absolute atomic E-state index is 6.14. The molecule has 1 aromatic heterocycles. The smallest absolute Gasteiger partial charge is 0.222 e. The highest BCUT2D eigenvalue weighted by atomic mass is 16.5. The van der Waals surface area contributed by atoms with Gasteiger partial charge in [-0.05, 0) is 13.8 Å². The molecule has 0 aliphatic carbocycles. The van der Waals surface area contributed by atoms with Crippen molar-refractivity contribution in [3.05, 3.63) is 11.4 Å². The molecule has 1 aromatic rings. The van der Waals surface area contributed by atoms with Gasteiger partial charge in [0.15, 0.2) is 0 Å². The van der Waals surface area contributed by atoms with Gasteiger partial charge in [-0.1, -0.05) is 20.8 Å². The van der Waals surface area contributed by atoms with Gasteiger partial charge >= 0.3 is 0 Å². The molecule has 0 spiro atoms. The Kier molecular flexibility index (Phi) is 5.04. The summed E-state index contributed by atoms with van der Waals surface area (Å²) in [4.78, 5) is 9.33. The van der Waals surface area contributed by atoms with Crippen LogP contribution in [0.1, 0.15) is 51.9 Å². The van der Waals surface area contributed by atoms with Crippen LogP contribution in [0.5, 0.6) is 5.88 Å². The van der Waals surface area contributed by atoms with Gasteiger partial charge in [-0.2, -0.15) is 4.98 Å². The van der Waals surface area contributed by atoms with Crippen molar-refractivity contribution in [1.82, 2.24) is 9.97 Å². The number of anilines is 1. The Bertz CT molecular complexity index is 477. The summed E-state index contributed by atoms with van der Waals surface area (Å²) in [6, 6.07) is 0. The number of nitrogens with one attached hydrogen (secondary N) is 1. The molecular weight excluding hydrogens is 266 g/mol. The minimum Gasteiger partial charge on any atom is -0.474 e. The largest absolute Gasteiger partial charge is 0.474 e. The zero-order chi connectivity index (χ0) is 15.5. The molecule has 0 aromatic carbocycles. The first-order chi connectivity index (χ1) is 9.91. The van der Waals surface area contributed by atoms with Crippen LogP contribution in [0.15, 0.2) is 0 Å². The number of hydrogen-bond acceptors (Lipinski definition) is 5. The molecular formula is C16H27N3O2. The molecule has 0 unspecified atom stereocenters. The predicted octanol–water partition coefficient (Wildman–Crippen LogP) is 3.07. The molecule has 1 saturated heterocycles. The maximum Gasteiger partial charge on any atom is 0.222 e. The molecule has 2 heterocycles. The molecule has 0 amide bonds. The molecule has 0 saturated carbocycles. The predicted molar refractivity (Wildman–Crippen MR) is 84.1 cm³/mol. The van der Waals surface area contributed by atoms with E-state index in [4.69, 9.17) is 9.47 Å². The molecule has 21 heavy (non-hydrogen) atoms. The second kappa shape index (κ2) is 6.60. The van der Waals surface area contributed by atoms with Gasteiger partial charge in [0.2, 0.25) is 5.88 Å². The topological polar surface area (TPSA) is 56.3 Å². The third-order valence-corrected chi connectivity index (χ3v) is 3.56. The SMILES string of the molecule is CCNc1nc(C(C)(C)C)nc(OC2CCOCC2)c1C. The van der Waals surface area contributed by atoms with Crippen molar-refractivity contribution in [2.24, 2.45) is 0 Å². The molecule has 5 nitrogen and oxygen atoms in total.